The number of anilines is 1. The third-order valence-electron chi connectivity index (χ3n) is 11.8. The van der Waals surface area contributed by atoms with Crippen molar-refractivity contribution in [1.29, 1.82) is 0 Å². The number of fused-ring (bicyclic) bond motifs is 3. The standard InChI is InChI=1S/C39H53F2N12O16P2S.Tm/c1-19(2)28(43-11-4-3-5-13-51-24(55)8-9-25(51)56)35(58)48-20(7-6-12-44-38(42)59)34(57)50-32-29-33(46-17-45-32)53(18-47-29)37-26(40)30-22(67-37)16-65-71(63,72)69-31-21(15-64-70(61,62)68-30)66-36(27(31)41)52-14-10-23(54)49-39(52)60;/h8,10,14,17-22,26-28,30-31,36-37,43H,3-7,9,11-13,15-16H2,1-2H3,(H,48,58)(H,61,62)(H,63,72)(H3,42,44,59)(H,49,54,60)(H,45,46,50,57);/q-1;/t20?,21-,22-,26-,27-,28?,30-,31-,36-,37-,71?;/m1./s1. The van der Waals surface area contributed by atoms with Gasteiger partial charge in [0.1, 0.15) is 36.8 Å². The Morgan fingerprint density at radius 3 is 2.29 bits per heavy atom. The van der Waals surface area contributed by atoms with Gasteiger partial charge in [0.15, 0.2) is 47.7 Å². The number of carbonyl (C=O) groups is 5. The first-order valence-corrected chi connectivity index (χ1v) is 26.7. The van der Waals surface area contributed by atoms with E-state index >= 15 is 8.78 Å². The largest absolute Gasteiger partial charge is 0.472 e. The first-order valence-electron chi connectivity index (χ1n) is 22.6. The third-order valence-corrected chi connectivity index (χ3v) is 14.4. The second-order valence-electron chi connectivity index (χ2n) is 17.3. The molecule has 0 aliphatic carbocycles. The first kappa shape index (κ1) is 58.3. The molecule has 409 valence electrons. The van der Waals surface area contributed by atoms with E-state index in [2.05, 4.69) is 36.2 Å². The number of ether oxygens (including phenoxy) is 2. The number of urea groups is 1. The van der Waals surface area contributed by atoms with Crippen molar-refractivity contribution >= 4 is 73.0 Å². The normalized spacial score (nSPS) is 29.3. The summed E-state index contributed by atoms with van der Waals surface area (Å²) >= 11 is 5.13. The number of halogens is 2. The summed E-state index contributed by atoms with van der Waals surface area (Å²) in [6.07, 6.45) is -8.90. The number of phosphoric acid groups is 1. The van der Waals surface area contributed by atoms with Gasteiger partial charge in [-0.1, -0.05) is 26.7 Å². The summed E-state index contributed by atoms with van der Waals surface area (Å²) in [6.45, 7) is -1.99. The van der Waals surface area contributed by atoms with Crippen LogP contribution in [0.2, 0.25) is 0 Å². The van der Waals surface area contributed by atoms with Crippen molar-refractivity contribution in [3.63, 3.8) is 0 Å². The first-order chi connectivity index (χ1) is 34.1. The molecule has 9 N–H and O–H groups in total. The summed E-state index contributed by atoms with van der Waals surface area (Å²) in [5, 5.41) is 11.0. The van der Waals surface area contributed by atoms with Crippen LogP contribution in [-0.2, 0) is 63.1 Å². The van der Waals surface area contributed by atoms with E-state index < -0.39 is 118 Å². The van der Waals surface area contributed by atoms with Crippen molar-refractivity contribution in [2.24, 2.45) is 11.7 Å². The zero-order valence-electron chi connectivity index (χ0n) is 38.7. The molecule has 7 heterocycles. The number of hydrogen-bond donors (Lipinski definition) is 8. The molecule has 28 nitrogen and oxygen atoms in total. The van der Waals surface area contributed by atoms with Gasteiger partial charge < -0.3 is 60.5 Å². The molecule has 1 radical (unpaired) electrons. The van der Waals surface area contributed by atoms with Crippen LogP contribution in [0.1, 0.15) is 64.8 Å². The van der Waals surface area contributed by atoms with Gasteiger partial charge in [0, 0.05) is 62.2 Å². The molecule has 6 amide bonds. The summed E-state index contributed by atoms with van der Waals surface area (Å²) < 4.78 is 80.3. The van der Waals surface area contributed by atoms with Crippen molar-refractivity contribution < 1.29 is 112 Å². The molecule has 0 saturated carbocycles. The van der Waals surface area contributed by atoms with Gasteiger partial charge in [0.2, 0.25) is 11.8 Å². The number of unbranched alkanes of at least 4 members (excludes halogenated alkanes) is 2. The zero-order valence-corrected chi connectivity index (χ0v) is 43.1. The van der Waals surface area contributed by atoms with Crippen LogP contribution in [0.15, 0.2) is 34.5 Å². The number of aromatic nitrogens is 6. The molecule has 0 spiro atoms. The Balaban J connectivity index is 0.00000869. The van der Waals surface area contributed by atoms with Crippen molar-refractivity contribution in [1.82, 2.24) is 49.9 Å². The predicted molar refractivity (Wildman–Crippen MR) is 246 cm³/mol. The van der Waals surface area contributed by atoms with E-state index in [1.165, 1.54) is 11.3 Å². The third kappa shape index (κ3) is 14.5. The number of alkyl halides is 2. The number of hydrogen-bond acceptors (Lipinski definition) is 19. The number of aromatic amines is 1. The molecule has 34 heteroatoms. The number of nitrogens with zero attached hydrogens (tertiary/aromatic N) is 6. The molecule has 3 aromatic heterocycles. The fraction of sp³-hybridized carbons (Fsp3) is 0.615. The number of likely N-dealkylation sites (tertiary alicyclic amines) is 1. The molecule has 4 fully saturated rings. The van der Waals surface area contributed by atoms with Crippen molar-refractivity contribution in [2.75, 3.05) is 38.2 Å². The quantitative estimate of drug-likeness (QED) is 0.0348. The van der Waals surface area contributed by atoms with Gasteiger partial charge in [-0.3, -0.25) is 53.3 Å². The van der Waals surface area contributed by atoms with Gasteiger partial charge in [-0.25, -0.2) is 37.9 Å². The summed E-state index contributed by atoms with van der Waals surface area (Å²) in [5.74, 6) is -2.27. The van der Waals surface area contributed by atoms with Gasteiger partial charge in [-0.2, -0.15) is 0 Å². The van der Waals surface area contributed by atoms with E-state index in [0.717, 1.165) is 29.5 Å². The molecule has 0 bridgehead atoms. The average molecular weight is 1250 g/mol. The number of rotatable bonds is 18. The fourth-order valence-corrected chi connectivity index (χ4v) is 10.7. The molecule has 4 aliphatic rings. The fourth-order valence-electron chi connectivity index (χ4n) is 8.28. The average Bonchev–Trinajstić information content (AvgIpc) is 4.05. The molecule has 12 atom stereocenters. The molecular formula is C39H53F2N12O16P2STm-. The smallest absolute Gasteiger partial charge is 0.352 e. The minimum absolute atomic E-state index is 0. The number of H-pyrrole nitrogens is 1. The number of carbonyl (C=O) groups excluding carboxylic acids is 5. The van der Waals surface area contributed by atoms with E-state index in [9.17, 15) is 47.9 Å². The van der Waals surface area contributed by atoms with Crippen LogP contribution in [0.4, 0.5) is 19.4 Å². The number of amides is 6. The summed E-state index contributed by atoms with van der Waals surface area (Å²) in [5.41, 5.74) is 3.10. The maximum Gasteiger partial charge on any atom is 0.472 e. The Bertz CT molecular complexity index is 2710. The summed E-state index contributed by atoms with van der Waals surface area (Å²) in [7, 11) is -5.30. The maximum atomic E-state index is 16.6. The van der Waals surface area contributed by atoms with Crippen LogP contribution in [0.5, 0.6) is 0 Å². The van der Waals surface area contributed by atoms with Crippen molar-refractivity contribution in [3.8, 4) is 0 Å². The van der Waals surface area contributed by atoms with Gasteiger partial charge in [-0.15, -0.1) is 0 Å². The van der Waals surface area contributed by atoms with Gasteiger partial charge in [-0.05, 0) is 50.0 Å². The van der Waals surface area contributed by atoms with E-state index in [1.807, 2.05) is 18.8 Å². The van der Waals surface area contributed by atoms with Gasteiger partial charge in [0.05, 0.1) is 31.5 Å². The van der Waals surface area contributed by atoms with Gasteiger partial charge in [0.25, 0.3) is 5.56 Å². The van der Waals surface area contributed by atoms with Crippen LogP contribution >= 0.6 is 14.5 Å². The minimum atomic E-state index is -5.30. The Morgan fingerprint density at radius 1 is 0.945 bits per heavy atom. The maximum absolute atomic E-state index is 16.6. The predicted octanol–water partition coefficient (Wildman–Crippen LogP) is -0.399. The SMILES string of the molecule is CC(C)C(NCCCCCN1C(=O)[CH-]CC1=O)C(=O)NC(CCCNC(N)=O)C(=O)Nc1ncnc2c1ncn2[C@@H]1O[C@@H]2COP(O)(=S)O[C@H]3[C@@H](F)[C@H](n4ccc(=O)[nH]c4=O)O[C@@H]3COP(=O)(O)O[C@H]2[C@H]1F.[Tm]. The number of primary amides is 1. The molecule has 7 rings (SSSR count). The van der Waals surface area contributed by atoms with Crippen LogP contribution in [0.3, 0.4) is 0 Å². The van der Waals surface area contributed by atoms with Crippen molar-refractivity contribution in [3.05, 3.63) is 52.2 Å². The topological polar surface area (TPSA) is 374 Å². The van der Waals surface area contributed by atoms with E-state index in [0.29, 0.717) is 36.9 Å². The second kappa shape index (κ2) is 25.3. The molecular weight excluding hydrogens is 1190 g/mol. The Kier molecular flexibility index (Phi) is 20.2. The Hall–Kier alpha value is -3.94. The number of phosphoric ester groups is 1. The summed E-state index contributed by atoms with van der Waals surface area (Å²) in [4.78, 5) is 124. The Labute approximate surface area is 447 Å². The Morgan fingerprint density at radius 2 is 1.63 bits per heavy atom. The monoisotopic (exact) mass is 1250 g/mol. The molecule has 4 unspecified atom stereocenters. The van der Waals surface area contributed by atoms with Crippen LogP contribution in [0, 0.1) is 49.2 Å². The number of nitrogens with two attached hydrogens (primary N) is 1. The minimum Gasteiger partial charge on any atom is -0.352 e. The number of nitrogens with one attached hydrogen (secondary N) is 5. The number of imidazole rings is 1. The summed E-state index contributed by atoms with van der Waals surface area (Å²) in [6, 6.07) is -1.87. The molecule has 73 heavy (non-hydrogen) atoms. The van der Waals surface area contributed by atoms with Crippen molar-refractivity contribution in [2.45, 2.75) is 114 Å². The molecule has 4 saturated heterocycles. The molecule has 4 aliphatic heterocycles. The molecule has 0 aromatic carbocycles. The van der Waals surface area contributed by atoms with Gasteiger partial charge >= 0.3 is 26.3 Å². The van der Waals surface area contributed by atoms with Crippen LogP contribution in [-0.4, -0.2) is 155 Å². The van der Waals surface area contributed by atoms with E-state index in [-0.39, 0.29) is 97.4 Å². The zero-order chi connectivity index (χ0) is 52.1. The van der Waals surface area contributed by atoms with E-state index in [1.54, 1.807) is 0 Å². The van der Waals surface area contributed by atoms with Crippen LogP contribution < -0.4 is 38.2 Å². The van der Waals surface area contributed by atoms with E-state index in [4.69, 9.17) is 45.1 Å². The van der Waals surface area contributed by atoms with Crippen LogP contribution in [0.25, 0.3) is 11.2 Å². The molecule has 3 aromatic rings. The number of imide groups is 1. The second-order valence-corrected chi connectivity index (χ2v) is 21.5.